The van der Waals surface area contributed by atoms with Crippen LogP contribution in [0.15, 0.2) is 36.2 Å². The Hall–Kier alpha value is -1.84. The van der Waals surface area contributed by atoms with Crippen LogP contribution in [-0.2, 0) is 11.3 Å². The summed E-state index contributed by atoms with van der Waals surface area (Å²) >= 11 is 0. The molecule has 0 spiro atoms. The van der Waals surface area contributed by atoms with Crippen molar-refractivity contribution in [1.29, 1.82) is 0 Å². The van der Waals surface area contributed by atoms with Crippen molar-refractivity contribution >= 4 is 11.6 Å². The molecule has 1 aliphatic carbocycles. The maximum atomic E-state index is 11.9. The average Bonchev–Trinajstić information content (AvgIpc) is 2.49. The molecule has 1 aromatic heterocycles. The molecule has 4 nitrogen and oxygen atoms in total. The van der Waals surface area contributed by atoms with Gasteiger partial charge in [-0.2, -0.15) is 4.57 Å². The van der Waals surface area contributed by atoms with E-state index in [4.69, 9.17) is 0 Å². The van der Waals surface area contributed by atoms with Gasteiger partial charge in [-0.15, -0.1) is 0 Å². The van der Waals surface area contributed by atoms with E-state index in [1.807, 2.05) is 48.1 Å². The smallest absolute Gasteiger partial charge is 0.285 e. The highest BCUT2D eigenvalue weighted by molar-refractivity contribution is 5.74. The minimum Gasteiger partial charge on any atom is -0.377 e. The summed E-state index contributed by atoms with van der Waals surface area (Å²) in [4.78, 5) is 14.0. The minimum absolute atomic E-state index is 0.0778. The normalized spacial score (nSPS) is 14.5. The van der Waals surface area contributed by atoms with Crippen molar-refractivity contribution in [2.24, 2.45) is 0 Å². The molecule has 2 rings (SSSR count). The van der Waals surface area contributed by atoms with Gasteiger partial charge in [0.1, 0.15) is 0 Å². The van der Waals surface area contributed by atoms with Crippen LogP contribution >= 0.6 is 0 Å². The molecule has 0 bridgehead atoms. The first-order valence-corrected chi connectivity index (χ1v) is 7.76. The molecule has 1 aliphatic rings. The molecule has 1 amide bonds. The fourth-order valence-corrected chi connectivity index (χ4v) is 2.57. The highest BCUT2D eigenvalue weighted by atomic mass is 16.1. The Morgan fingerprint density at radius 1 is 1.29 bits per heavy atom. The van der Waals surface area contributed by atoms with Gasteiger partial charge in [0.05, 0.1) is 0 Å². The van der Waals surface area contributed by atoms with Crippen LogP contribution in [0.1, 0.15) is 32.1 Å². The third kappa shape index (κ3) is 5.21. The third-order valence-electron chi connectivity index (χ3n) is 3.87. The quantitative estimate of drug-likeness (QED) is 0.642. The molecule has 0 atom stereocenters. The van der Waals surface area contributed by atoms with E-state index in [2.05, 4.69) is 11.4 Å². The van der Waals surface area contributed by atoms with Gasteiger partial charge in [-0.3, -0.25) is 4.79 Å². The number of pyridine rings is 1. The molecule has 4 heteroatoms. The molecule has 21 heavy (non-hydrogen) atoms. The summed E-state index contributed by atoms with van der Waals surface area (Å²) in [6, 6.07) is 4.03. The fourth-order valence-electron chi connectivity index (χ4n) is 2.57. The monoisotopic (exact) mass is 288 g/mol. The number of rotatable bonds is 6. The lowest BCUT2D eigenvalue weighted by molar-refractivity contribution is -0.684. The fraction of sp³-hybridized carbons (Fsp3) is 0.529. The highest BCUT2D eigenvalue weighted by Crippen LogP contribution is 2.19. The Kier molecular flexibility index (Phi) is 5.78. The van der Waals surface area contributed by atoms with E-state index in [1.54, 1.807) is 0 Å². The van der Waals surface area contributed by atoms with Gasteiger partial charge < -0.3 is 10.2 Å². The molecule has 0 aromatic carbocycles. The molecule has 0 fully saturated rings. The van der Waals surface area contributed by atoms with Crippen LogP contribution in [0.4, 0.5) is 5.69 Å². The van der Waals surface area contributed by atoms with Crippen LogP contribution in [0.25, 0.3) is 0 Å². The van der Waals surface area contributed by atoms with Crippen LogP contribution < -0.4 is 14.8 Å². The van der Waals surface area contributed by atoms with E-state index in [1.165, 1.54) is 31.3 Å². The van der Waals surface area contributed by atoms with E-state index in [0.717, 1.165) is 18.7 Å². The second-order valence-corrected chi connectivity index (χ2v) is 5.83. The number of aromatic nitrogens is 1. The lowest BCUT2D eigenvalue weighted by Gasteiger charge is -2.12. The summed E-state index contributed by atoms with van der Waals surface area (Å²) in [6.07, 6.45) is 12.2. The largest absolute Gasteiger partial charge is 0.377 e. The van der Waals surface area contributed by atoms with Gasteiger partial charge >= 0.3 is 0 Å². The number of carbonyl (C=O) groups excluding carboxylic acids is 1. The van der Waals surface area contributed by atoms with Gasteiger partial charge in [0.25, 0.3) is 5.91 Å². The zero-order valence-electron chi connectivity index (χ0n) is 13.1. The van der Waals surface area contributed by atoms with Crippen molar-refractivity contribution in [2.75, 3.05) is 25.5 Å². The minimum atomic E-state index is 0.0778. The van der Waals surface area contributed by atoms with Crippen molar-refractivity contribution in [3.63, 3.8) is 0 Å². The summed E-state index contributed by atoms with van der Waals surface area (Å²) in [5, 5.41) is 3.00. The Balaban J connectivity index is 1.72. The molecule has 0 aliphatic heterocycles. The molecule has 0 saturated heterocycles. The van der Waals surface area contributed by atoms with Crippen molar-refractivity contribution in [3.05, 3.63) is 36.2 Å². The van der Waals surface area contributed by atoms with Crippen LogP contribution in [-0.4, -0.2) is 26.5 Å². The second kappa shape index (κ2) is 7.81. The molecule has 1 aromatic rings. The predicted molar refractivity (Wildman–Crippen MR) is 85.1 cm³/mol. The lowest BCUT2D eigenvalue weighted by atomic mass is 9.97. The Bertz CT molecular complexity index is 491. The lowest BCUT2D eigenvalue weighted by Crippen LogP contribution is -2.42. The zero-order chi connectivity index (χ0) is 15.1. The van der Waals surface area contributed by atoms with Crippen molar-refractivity contribution in [1.82, 2.24) is 5.32 Å². The van der Waals surface area contributed by atoms with Gasteiger partial charge in [-0.1, -0.05) is 11.6 Å². The van der Waals surface area contributed by atoms with Crippen LogP contribution in [0.2, 0.25) is 0 Å². The van der Waals surface area contributed by atoms with Gasteiger partial charge in [0.15, 0.2) is 12.4 Å². The summed E-state index contributed by atoms with van der Waals surface area (Å²) < 4.78 is 1.90. The molecule has 0 saturated carbocycles. The summed E-state index contributed by atoms with van der Waals surface area (Å²) in [5.74, 6) is 0.0778. The Labute approximate surface area is 127 Å². The SMILES string of the molecule is CN(C)c1cc[n+](CC(=O)NCCC2=CCCCC2)cc1. The number of allylic oxidation sites excluding steroid dienone is 1. The Morgan fingerprint density at radius 2 is 2.05 bits per heavy atom. The van der Waals surface area contributed by atoms with Crippen LogP contribution in [0.5, 0.6) is 0 Å². The third-order valence-corrected chi connectivity index (χ3v) is 3.87. The van der Waals surface area contributed by atoms with E-state index in [0.29, 0.717) is 6.54 Å². The van der Waals surface area contributed by atoms with Crippen molar-refractivity contribution in [2.45, 2.75) is 38.6 Å². The van der Waals surface area contributed by atoms with Crippen molar-refractivity contribution in [3.8, 4) is 0 Å². The topological polar surface area (TPSA) is 36.2 Å². The van der Waals surface area contributed by atoms with Crippen LogP contribution in [0.3, 0.4) is 0 Å². The summed E-state index contributed by atoms with van der Waals surface area (Å²) in [5.41, 5.74) is 2.64. The number of carbonyl (C=O) groups is 1. The predicted octanol–water partition coefficient (Wildman–Crippen LogP) is 2.05. The highest BCUT2D eigenvalue weighted by Gasteiger charge is 2.10. The van der Waals surface area contributed by atoms with Gasteiger partial charge in [-0.05, 0) is 32.1 Å². The number of amides is 1. The Morgan fingerprint density at radius 3 is 2.67 bits per heavy atom. The number of anilines is 1. The van der Waals surface area contributed by atoms with Crippen molar-refractivity contribution < 1.29 is 9.36 Å². The summed E-state index contributed by atoms with van der Waals surface area (Å²) in [7, 11) is 4.01. The van der Waals surface area contributed by atoms with Gasteiger partial charge in [0.2, 0.25) is 6.54 Å². The number of hydrogen-bond donors (Lipinski definition) is 1. The molecule has 0 radical (unpaired) electrons. The molecule has 0 unspecified atom stereocenters. The molecule has 1 N–H and O–H groups in total. The summed E-state index contributed by atoms with van der Waals surface area (Å²) in [6.45, 7) is 1.13. The maximum absolute atomic E-state index is 11.9. The number of nitrogens with one attached hydrogen (secondary N) is 1. The molecule has 114 valence electrons. The first-order chi connectivity index (χ1) is 10.1. The molecular formula is C17H26N3O+. The average molecular weight is 288 g/mol. The van der Waals surface area contributed by atoms with Gasteiger partial charge in [0, 0.05) is 38.5 Å². The number of hydrogen-bond acceptors (Lipinski definition) is 2. The zero-order valence-corrected chi connectivity index (χ0v) is 13.1. The molecule has 1 heterocycles. The number of nitrogens with zero attached hydrogens (tertiary/aromatic N) is 2. The van der Waals surface area contributed by atoms with Gasteiger partial charge in [-0.25, -0.2) is 0 Å². The van der Waals surface area contributed by atoms with E-state index >= 15 is 0 Å². The van der Waals surface area contributed by atoms with E-state index in [9.17, 15) is 4.79 Å². The van der Waals surface area contributed by atoms with E-state index in [-0.39, 0.29) is 5.91 Å². The van der Waals surface area contributed by atoms with E-state index < -0.39 is 0 Å². The first kappa shape index (κ1) is 15.5. The molecular weight excluding hydrogens is 262 g/mol. The standard InChI is InChI=1S/C17H25N3O/c1-19(2)16-9-12-20(13-10-16)14-17(21)18-11-8-15-6-4-3-5-7-15/h6,9-10,12-13H,3-5,7-8,11,14H2,1-2H3/p+1. The first-order valence-electron chi connectivity index (χ1n) is 7.76. The van der Waals surface area contributed by atoms with Crippen LogP contribution in [0, 0.1) is 0 Å². The second-order valence-electron chi connectivity index (χ2n) is 5.83. The maximum Gasteiger partial charge on any atom is 0.285 e.